The van der Waals surface area contributed by atoms with Gasteiger partial charge < -0.3 is 10.5 Å². The summed E-state index contributed by atoms with van der Waals surface area (Å²) >= 11 is 1.59. The van der Waals surface area contributed by atoms with Crippen molar-refractivity contribution in [1.29, 1.82) is 0 Å². The van der Waals surface area contributed by atoms with Crippen LogP contribution < -0.4 is 10.5 Å². The lowest BCUT2D eigenvalue weighted by atomic mass is 10.0. The third-order valence-electron chi connectivity index (χ3n) is 3.25. The Morgan fingerprint density at radius 2 is 1.95 bits per heavy atom. The lowest BCUT2D eigenvalue weighted by Crippen LogP contribution is -1.99. The summed E-state index contributed by atoms with van der Waals surface area (Å²) < 4.78 is 6.05. The molecule has 0 aliphatic carbocycles. The Morgan fingerprint density at radius 3 is 2.71 bits per heavy atom. The van der Waals surface area contributed by atoms with E-state index in [1.165, 1.54) is 0 Å². The van der Waals surface area contributed by atoms with E-state index in [2.05, 4.69) is 29.9 Å². The van der Waals surface area contributed by atoms with Crippen LogP contribution in [0.2, 0.25) is 0 Å². The number of nitrogens with two attached hydrogens (primary N) is 1. The Bertz CT molecular complexity index is 795. The highest BCUT2D eigenvalue weighted by molar-refractivity contribution is 7.18. The van der Waals surface area contributed by atoms with Crippen LogP contribution in [0.1, 0.15) is 30.2 Å². The van der Waals surface area contributed by atoms with Gasteiger partial charge in [0.1, 0.15) is 10.6 Å². The molecule has 0 saturated heterocycles. The van der Waals surface area contributed by atoms with E-state index in [0.29, 0.717) is 11.8 Å². The molecule has 4 nitrogen and oxygen atoms in total. The smallest absolute Gasteiger partial charge is 0.232 e. The third kappa shape index (κ3) is 2.69. The molecule has 3 rings (SSSR count). The van der Waals surface area contributed by atoms with Gasteiger partial charge in [-0.05, 0) is 30.5 Å². The first-order valence-electron chi connectivity index (χ1n) is 6.85. The number of hydrogen-bond donors (Lipinski definition) is 1. The van der Waals surface area contributed by atoms with E-state index in [0.717, 1.165) is 26.4 Å². The summed E-state index contributed by atoms with van der Waals surface area (Å²) in [6.45, 7) is 6.32. The van der Waals surface area contributed by atoms with Crippen molar-refractivity contribution in [2.45, 2.75) is 26.7 Å². The Hall–Kier alpha value is -2.14. The number of benzene rings is 1. The number of nitrogen functional groups attached to an aromatic ring is 1. The summed E-state index contributed by atoms with van der Waals surface area (Å²) in [6.07, 6.45) is 0. The molecule has 0 bridgehead atoms. The maximum absolute atomic E-state index is 6.05. The van der Waals surface area contributed by atoms with Crippen LogP contribution in [-0.2, 0) is 0 Å². The SMILES string of the molecule is Cc1cc2c(Oc3ccccc3C(C)C)nc(N)nc2s1. The molecule has 0 aliphatic heterocycles. The van der Waals surface area contributed by atoms with Crippen LogP contribution in [0, 0.1) is 6.92 Å². The van der Waals surface area contributed by atoms with Gasteiger partial charge in [0.25, 0.3) is 0 Å². The number of rotatable bonds is 3. The Morgan fingerprint density at radius 1 is 1.19 bits per heavy atom. The van der Waals surface area contributed by atoms with Gasteiger partial charge in [0.15, 0.2) is 0 Å². The molecule has 108 valence electrons. The number of ether oxygens (including phenoxy) is 1. The van der Waals surface area contributed by atoms with Crippen molar-refractivity contribution in [1.82, 2.24) is 9.97 Å². The van der Waals surface area contributed by atoms with E-state index < -0.39 is 0 Å². The third-order valence-corrected chi connectivity index (χ3v) is 4.19. The molecule has 0 fully saturated rings. The minimum absolute atomic E-state index is 0.237. The number of aryl methyl sites for hydroxylation is 1. The zero-order chi connectivity index (χ0) is 15.0. The molecule has 0 amide bonds. The first-order valence-corrected chi connectivity index (χ1v) is 7.66. The fourth-order valence-electron chi connectivity index (χ4n) is 2.26. The Labute approximate surface area is 127 Å². The van der Waals surface area contributed by atoms with Crippen LogP contribution in [0.5, 0.6) is 11.6 Å². The van der Waals surface area contributed by atoms with Gasteiger partial charge in [0, 0.05) is 4.88 Å². The molecule has 3 aromatic rings. The van der Waals surface area contributed by atoms with Crippen molar-refractivity contribution in [3.05, 3.63) is 40.8 Å². The summed E-state index contributed by atoms with van der Waals surface area (Å²) in [5.74, 6) is 1.95. The van der Waals surface area contributed by atoms with Crippen molar-refractivity contribution < 1.29 is 4.74 Å². The molecule has 0 radical (unpaired) electrons. The van der Waals surface area contributed by atoms with Gasteiger partial charge in [-0.3, -0.25) is 0 Å². The Balaban J connectivity index is 2.10. The average molecular weight is 299 g/mol. The summed E-state index contributed by atoms with van der Waals surface area (Å²) in [5.41, 5.74) is 6.94. The minimum atomic E-state index is 0.237. The quantitative estimate of drug-likeness (QED) is 0.773. The lowest BCUT2D eigenvalue weighted by molar-refractivity contribution is 0.460. The monoisotopic (exact) mass is 299 g/mol. The molecule has 0 unspecified atom stereocenters. The molecule has 21 heavy (non-hydrogen) atoms. The fourth-order valence-corrected chi connectivity index (χ4v) is 3.14. The number of hydrogen-bond acceptors (Lipinski definition) is 5. The van der Waals surface area contributed by atoms with Gasteiger partial charge in [-0.15, -0.1) is 11.3 Å². The number of thiophene rings is 1. The molecule has 2 heterocycles. The van der Waals surface area contributed by atoms with Crippen molar-refractivity contribution in [3.8, 4) is 11.6 Å². The molecule has 0 aliphatic rings. The van der Waals surface area contributed by atoms with Crippen molar-refractivity contribution in [2.24, 2.45) is 0 Å². The molecule has 2 N–H and O–H groups in total. The molecule has 5 heteroatoms. The second-order valence-electron chi connectivity index (χ2n) is 5.26. The molecule has 1 aromatic carbocycles. The predicted molar refractivity (Wildman–Crippen MR) is 87.2 cm³/mol. The molecule has 0 atom stereocenters. The summed E-state index contributed by atoms with van der Waals surface area (Å²) in [4.78, 5) is 10.5. The van der Waals surface area contributed by atoms with Gasteiger partial charge in [-0.1, -0.05) is 32.0 Å². The largest absolute Gasteiger partial charge is 0.438 e. The van der Waals surface area contributed by atoms with Crippen LogP contribution in [0.3, 0.4) is 0 Å². The fraction of sp³-hybridized carbons (Fsp3) is 0.250. The van der Waals surface area contributed by atoms with Crippen LogP contribution in [0.15, 0.2) is 30.3 Å². The van der Waals surface area contributed by atoms with Crippen LogP contribution in [0.4, 0.5) is 5.95 Å². The van der Waals surface area contributed by atoms with Gasteiger partial charge >= 0.3 is 0 Å². The summed E-state index contributed by atoms with van der Waals surface area (Å²) in [6, 6.07) is 10.0. The van der Waals surface area contributed by atoms with Gasteiger partial charge in [-0.2, -0.15) is 4.98 Å². The van der Waals surface area contributed by atoms with Crippen LogP contribution in [-0.4, -0.2) is 9.97 Å². The van der Waals surface area contributed by atoms with Crippen molar-refractivity contribution in [3.63, 3.8) is 0 Å². The van der Waals surface area contributed by atoms with Gasteiger partial charge in [-0.25, -0.2) is 4.98 Å². The lowest BCUT2D eigenvalue weighted by Gasteiger charge is -2.13. The zero-order valence-electron chi connectivity index (χ0n) is 12.3. The van der Waals surface area contributed by atoms with E-state index in [1.807, 2.05) is 31.2 Å². The highest BCUT2D eigenvalue weighted by atomic mass is 32.1. The predicted octanol–water partition coefficient (Wildman–Crippen LogP) is 4.50. The first-order chi connectivity index (χ1) is 10.0. The number of aromatic nitrogens is 2. The first kappa shape index (κ1) is 13.8. The topological polar surface area (TPSA) is 61.0 Å². The van der Waals surface area contributed by atoms with Crippen molar-refractivity contribution >= 4 is 27.5 Å². The molecular formula is C16H17N3OS. The van der Waals surface area contributed by atoms with E-state index in [-0.39, 0.29) is 5.95 Å². The standard InChI is InChI=1S/C16H17N3OS/c1-9(2)11-6-4-5-7-13(11)20-14-12-8-10(3)21-15(12)19-16(17)18-14/h4-9H,1-3H3,(H2,17,18,19). The van der Waals surface area contributed by atoms with Gasteiger partial charge in [0.05, 0.1) is 5.39 Å². The zero-order valence-corrected chi connectivity index (χ0v) is 13.1. The second-order valence-corrected chi connectivity index (χ2v) is 6.49. The molecule has 0 spiro atoms. The van der Waals surface area contributed by atoms with Crippen LogP contribution >= 0.6 is 11.3 Å². The Kier molecular flexibility index (Phi) is 3.51. The average Bonchev–Trinajstić information content (AvgIpc) is 2.79. The van der Waals surface area contributed by atoms with E-state index in [1.54, 1.807) is 11.3 Å². The van der Waals surface area contributed by atoms with Crippen molar-refractivity contribution in [2.75, 3.05) is 5.73 Å². The molecular weight excluding hydrogens is 282 g/mol. The van der Waals surface area contributed by atoms with E-state index >= 15 is 0 Å². The number of para-hydroxylation sites is 1. The normalized spacial score (nSPS) is 11.2. The van der Waals surface area contributed by atoms with E-state index in [9.17, 15) is 0 Å². The summed E-state index contributed by atoms with van der Waals surface area (Å²) in [5, 5.41) is 0.908. The highest BCUT2D eigenvalue weighted by Gasteiger charge is 2.14. The maximum Gasteiger partial charge on any atom is 0.232 e. The minimum Gasteiger partial charge on any atom is -0.438 e. The second kappa shape index (κ2) is 5.33. The number of anilines is 1. The molecule has 2 aromatic heterocycles. The number of fused-ring (bicyclic) bond motifs is 1. The van der Waals surface area contributed by atoms with Gasteiger partial charge in [0.2, 0.25) is 11.8 Å². The highest BCUT2D eigenvalue weighted by Crippen LogP contribution is 2.35. The van der Waals surface area contributed by atoms with E-state index in [4.69, 9.17) is 10.5 Å². The summed E-state index contributed by atoms with van der Waals surface area (Å²) in [7, 11) is 0. The maximum atomic E-state index is 6.05. The van der Waals surface area contributed by atoms with Crippen LogP contribution in [0.25, 0.3) is 10.2 Å². The number of nitrogens with zero attached hydrogens (tertiary/aromatic N) is 2. The molecule has 0 saturated carbocycles.